The van der Waals surface area contributed by atoms with Crippen LogP contribution in [0.4, 0.5) is 0 Å². The van der Waals surface area contributed by atoms with E-state index in [0.717, 1.165) is 27.6 Å². The van der Waals surface area contributed by atoms with Gasteiger partial charge in [0.05, 0.1) is 18.7 Å². The number of carbonyl (C=O) groups excluding carboxylic acids is 2. The number of benzene rings is 3. The largest absolute Gasteiger partial charge is 0.503 e. The fourth-order valence-corrected chi connectivity index (χ4v) is 4.71. The summed E-state index contributed by atoms with van der Waals surface area (Å²) < 4.78 is 5.24. The summed E-state index contributed by atoms with van der Waals surface area (Å²) in [5, 5.41) is 11.8. The van der Waals surface area contributed by atoms with Crippen LogP contribution in [0.25, 0.3) is 10.9 Å². The smallest absolute Gasteiger partial charge is 0.290 e. The van der Waals surface area contributed by atoms with Gasteiger partial charge in [0.2, 0.25) is 0 Å². The highest BCUT2D eigenvalue weighted by atomic mass is 16.5. The van der Waals surface area contributed by atoms with Gasteiger partial charge in [-0.3, -0.25) is 9.59 Å². The molecule has 35 heavy (non-hydrogen) atoms. The first-order valence-electron chi connectivity index (χ1n) is 11.6. The predicted octanol–water partition coefficient (Wildman–Crippen LogP) is 5.27. The maximum atomic E-state index is 13.5. The van der Waals surface area contributed by atoms with E-state index in [2.05, 4.69) is 4.98 Å². The Morgan fingerprint density at radius 3 is 2.43 bits per heavy atom. The van der Waals surface area contributed by atoms with Gasteiger partial charge in [-0.1, -0.05) is 60.7 Å². The van der Waals surface area contributed by atoms with E-state index in [0.29, 0.717) is 12.2 Å². The average molecular weight is 467 g/mol. The minimum Gasteiger partial charge on any atom is -0.503 e. The summed E-state index contributed by atoms with van der Waals surface area (Å²) in [6, 6.07) is 24.2. The fourth-order valence-electron chi connectivity index (χ4n) is 4.71. The van der Waals surface area contributed by atoms with Crippen LogP contribution >= 0.6 is 0 Å². The molecule has 0 saturated carbocycles. The molecule has 176 valence electrons. The van der Waals surface area contributed by atoms with Crippen LogP contribution in [-0.2, 0) is 22.6 Å². The third-order valence-electron chi connectivity index (χ3n) is 6.52. The number of aryl methyl sites for hydroxylation is 1. The van der Waals surface area contributed by atoms with E-state index in [9.17, 15) is 14.7 Å². The Morgan fingerprint density at radius 2 is 1.69 bits per heavy atom. The summed E-state index contributed by atoms with van der Waals surface area (Å²) in [5.41, 5.74) is 3.75. The molecule has 1 aromatic heterocycles. The van der Waals surface area contributed by atoms with Crippen molar-refractivity contribution in [1.82, 2.24) is 9.88 Å². The Bertz CT molecular complexity index is 1400. The number of rotatable bonds is 8. The zero-order valence-corrected chi connectivity index (χ0v) is 19.4. The minimum atomic E-state index is -0.691. The summed E-state index contributed by atoms with van der Waals surface area (Å²) in [5.74, 6) is -0.523. The predicted molar refractivity (Wildman–Crippen MR) is 134 cm³/mol. The van der Waals surface area contributed by atoms with E-state index >= 15 is 0 Å². The summed E-state index contributed by atoms with van der Waals surface area (Å²) in [6.07, 6.45) is 2.56. The highest BCUT2D eigenvalue weighted by molar-refractivity contribution is 6.09. The Hall–Kier alpha value is -4.32. The Labute approximate surface area is 203 Å². The molecular weight excluding hydrogens is 440 g/mol. The van der Waals surface area contributed by atoms with Gasteiger partial charge >= 0.3 is 0 Å². The molecule has 0 radical (unpaired) electrons. The number of para-hydroxylation sites is 1. The van der Waals surface area contributed by atoms with Crippen LogP contribution in [0.5, 0.6) is 5.75 Å². The van der Waals surface area contributed by atoms with E-state index in [1.54, 1.807) is 12.0 Å². The van der Waals surface area contributed by atoms with Crippen molar-refractivity contribution in [2.75, 3.05) is 7.11 Å². The van der Waals surface area contributed by atoms with Crippen molar-refractivity contribution < 1.29 is 19.4 Å². The molecule has 0 fully saturated rings. The van der Waals surface area contributed by atoms with Gasteiger partial charge in [0.1, 0.15) is 5.75 Å². The maximum absolute atomic E-state index is 13.5. The second-order valence-corrected chi connectivity index (χ2v) is 8.64. The van der Waals surface area contributed by atoms with Crippen LogP contribution in [0.3, 0.4) is 0 Å². The molecular formula is C29H26N2O4. The molecule has 3 aromatic carbocycles. The highest BCUT2D eigenvalue weighted by Crippen LogP contribution is 2.42. The molecule has 4 aromatic rings. The van der Waals surface area contributed by atoms with Crippen molar-refractivity contribution >= 4 is 22.6 Å². The number of nitrogens with one attached hydrogen (secondary N) is 1. The van der Waals surface area contributed by atoms with Gasteiger partial charge in [-0.05, 0) is 35.7 Å². The van der Waals surface area contributed by atoms with Crippen molar-refractivity contribution in [3.05, 3.63) is 113 Å². The summed E-state index contributed by atoms with van der Waals surface area (Å²) in [6.45, 7) is 0.243. The number of nitrogens with zero attached hydrogens (tertiary/aromatic N) is 1. The molecule has 1 aliphatic heterocycles. The summed E-state index contributed by atoms with van der Waals surface area (Å²) >= 11 is 0. The molecule has 2 N–H and O–H groups in total. The van der Waals surface area contributed by atoms with Gasteiger partial charge in [-0.15, -0.1) is 0 Å². The van der Waals surface area contributed by atoms with Crippen molar-refractivity contribution in [3.63, 3.8) is 0 Å². The number of ketones is 1. The summed E-state index contributed by atoms with van der Waals surface area (Å²) in [7, 11) is 1.60. The van der Waals surface area contributed by atoms with Gasteiger partial charge < -0.3 is 19.7 Å². The lowest BCUT2D eigenvalue weighted by Gasteiger charge is -2.26. The quantitative estimate of drug-likeness (QED) is 0.370. The van der Waals surface area contributed by atoms with Crippen LogP contribution in [0.15, 0.2) is 96.4 Å². The normalized spacial score (nSPS) is 15.7. The average Bonchev–Trinajstić information content (AvgIpc) is 3.42. The standard InChI is InChI=1S/C29H26N2O4/c1-35-21-14-11-20(12-15-21)18-31-27(23-17-30-24-10-6-5-9-22(23)24)26(28(33)29(31)34)25(32)16-13-19-7-3-2-4-8-19/h2-12,14-15,17,27,30,33H,13,16,18H2,1H3. The molecule has 0 bridgehead atoms. The zero-order valence-electron chi connectivity index (χ0n) is 19.4. The number of aromatic amines is 1. The van der Waals surface area contributed by atoms with Crippen LogP contribution in [-0.4, -0.2) is 33.8 Å². The number of aliphatic hydroxyl groups is 1. The first kappa shape index (κ1) is 22.5. The van der Waals surface area contributed by atoms with Crippen LogP contribution in [0, 0.1) is 0 Å². The van der Waals surface area contributed by atoms with E-state index in [1.165, 1.54) is 0 Å². The Balaban J connectivity index is 1.52. The van der Waals surface area contributed by atoms with Crippen LogP contribution < -0.4 is 4.74 Å². The first-order chi connectivity index (χ1) is 17.1. The number of fused-ring (bicyclic) bond motifs is 1. The lowest BCUT2D eigenvalue weighted by molar-refractivity contribution is -0.130. The molecule has 2 heterocycles. The van der Waals surface area contributed by atoms with E-state index in [-0.39, 0.29) is 24.3 Å². The lowest BCUT2D eigenvalue weighted by atomic mass is 9.93. The number of hydrogen-bond acceptors (Lipinski definition) is 4. The van der Waals surface area contributed by atoms with E-state index in [4.69, 9.17) is 4.74 Å². The number of carbonyl (C=O) groups is 2. The number of Topliss-reactive ketones (excluding diaryl/α,β-unsaturated/α-hetero) is 1. The second-order valence-electron chi connectivity index (χ2n) is 8.64. The second kappa shape index (κ2) is 9.50. The first-order valence-corrected chi connectivity index (χ1v) is 11.6. The van der Waals surface area contributed by atoms with E-state index < -0.39 is 17.7 Å². The van der Waals surface area contributed by atoms with Gasteiger partial charge in [0, 0.05) is 35.6 Å². The SMILES string of the molecule is COc1ccc(CN2C(=O)C(O)=C(C(=O)CCc3ccccc3)C2c2c[nH]c3ccccc23)cc1. The number of aromatic nitrogens is 1. The van der Waals surface area contributed by atoms with Crippen molar-refractivity contribution in [2.45, 2.75) is 25.4 Å². The number of aliphatic hydroxyl groups excluding tert-OH is 1. The number of methoxy groups -OCH3 is 1. The molecule has 1 unspecified atom stereocenters. The molecule has 0 saturated heterocycles. The monoisotopic (exact) mass is 466 g/mol. The number of ether oxygens (including phenoxy) is 1. The maximum Gasteiger partial charge on any atom is 0.290 e. The molecule has 5 rings (SSSR count). The van der Waals surface area contributed by atoms with Crippen molar-refractivity contribution in [3.8, 4) is 5.75 Å². The van der Waals surface area contributed by atoms with Crippen molar-refractivity contribution in [2.24, 2.45) is 0 Å². The molecule has 6 heteroatoms. The van der Waals surface area contributed by atoms with Crippen LogP contribution in [0.2, 0.25) is 0 Å². The topological polar surface area (TPSA) is 82.6 Å². The molecule has 0 aliphatic carbocycles. The van der Waals surface area contributed by atoms with E-state index in [1.807, 2.05) is 85.1 Å². The van der Waals surface area contributed by atoms with Crippen molar-refractivity contribution in [1.29, 1.82) is 0 Å². The summed E-state index contributed by atoms with van der Waals surface area (Å²) in [4.78, 5) is 31.6. The molecule has 6 nitrogen and oxygen atoms in total. The number of amides is 1. The Kier molecular flexibility index (Phi) is 6.10. The van der Waals surface area contributed by atoms with Gasteiger partial charge in [0.25, 0.3) is 5.91 Å². The fraction of sp³-hybridized carbons (Fsp3) is 0.172. The zero-order chi connectivity index (χ0) is 24.4. The molecule has 1 amide bonds. The van der Waals surface area contributed by atoms with Gasteiger partial charge in [-0.25, -0.2) is 0 Å². The lowest BCUT2D eigenvalue weighted by Crippen LogP contribution is -2.30. The van der Waals surface area contributed by atoms with Gasteiger partial charge in [-0.2, -0.15) is 0 Å². The third-order valence-corrected chi connectivity index (χ3v) is 6.52. The minimum absolute atomic E-state index is 0.157. The Morgan fingerprint density at radius 1 is 0.971 bits per heavy atom. The third kappa shape index (κ3) is 4.30. The number of hydrogen-bond donors (Lipinski definition) is 2. The highest BCUT2D eigenvalue weighted by Gasteiger charge is 2.44. The number of H-pyrrole nitrogens is 1. The van der Waals surface area contributed by atoms with Crippen LogP contribution in [0.1, 0.15) is 29.2 Å². The molecule has 1 atom stereocenters. The molecule has 0 spiro atoms. The molecule has 1 aliphatic rings. The van der Waals surface area contributed by atoms with Gasteiger partial charge in [0.15, 0.2) is 11.5 Å².